The molecule has 3 rings (SSSR count). The molecule has 0 aliphatic heterocycles. The second kappa shape index (κ2) is 7.38. The third-order valence-corrected chi connectivity index (χ3v) is 4.84. The maximum Gasteiger partial charge on any atom is 0.233 e. The Morgan fingerprint density at radius 1 is 1.29 bits per heavy atom. The Morgan fingerprint density at radius 2 is 2.00 bits per heavy atom. The zero-order valence-corrected chi connectivity index (χ0v) is 15.2. The molecule has 1 aliphatic carbocycles. The lowest BCUT2D eigenvalue weighted by molar-refractivity contribution is -0.120. The predicted octanol–water partition coefficient (Wildman–Crippen LogP) is 3.40. The quantitative estimate of drug-likeness (QED) is 0.782. The average molecular weight is 344 g/mol. The number of nitrogens with zero attached hydrogens (tertiary/aromatic N) is 3. The van der Waals surface area contributed by atoms with Gasteiger partial charge in [0.05, 0.1) is 10.9 Å². The SMILES string of the molecule is CC(C)CNC(=O)[C@H](C)Sc1nc(C2CC2)n(-c2ccccc2)n1. The summed E-state index contributed by atoms with van der Waals surface area (Å²) in [6.45, 7) is 6.77. The molecule has 0 unspecified atom stereocenters. The lowest BCUT2D eigenvalue weighted by atomic mass is 10.2. The Balaban J connectivity index is 1.74. The number of thioether (sulfide) groups is 1. The molecule has 128 valence electrons. The van der Waals surface area contributed by atoms with Crippen LogP contribution in [0.25, 0.3) is 5.69 Å². The molecule has 1 saturated carbocycles. The van der Waals surface area contributed by atoms with E-state index in [1.807, 2.05) is 41.9 Å². The molecule has 24 heavy (non-hydrogen) atoms. The van der Waals surface area contributed by atoms with E-state index in [2.05, 4.69) is 24.3 Å². The van der Waals surface area contributed by atoms with Gasteiger partial charge in [-0.15, -0.1) is 5.10 Å². The van der Waals surface area contributed by atoms with Crippen LogP contribution < -0.4 is 5.32 Å². The molecule has 0 bridgehead atoms. The highest BCUT2D eigenvalue weighted by molar-refractivity contribution is 8.00. The molecule has 0 saturated heterocycles. The van der Waals surface area contributed by atoms with Crippen molar-refractivity contribution in [3.05, 3.63) is 36.2 Å². The number of para-hydroxylation sites is 1. The summed E-state index contributed by atoms with van der Waals surface area (Å²) in [6, 6.07) is 10.1. The van der Waals surface area contributed by atoms with Crippen LogP contribution in [0.2, 0.25) is 0 Å². The first-order valence-corrected chi connectivity index (χ1v) is 9.39. The van der Waals surface area contributed by atoms with Crippen LogP contribution in [0.3, 0.4) is 0 Å². The van der Waals surface area contributed by atoms with Crippen molar-refractivity contribution in [2.75, 3.05) is 6.54 Å². The molecular formula is C18H24N4OS. The Morgan fingerprint density at radius 3 is 2.62 bits per heavy atom. The van der Waals surface area contributed by atoms with Crippen molar-refractivity contribution in [2.24, 2.45) is 5.92 Å². The van der Waals surface area contributed by atoms with E-state index in [1.54, 1.807) is 0 Å². The lowest BCUT2D eigenvalue weighted by Gasteiger charge is -2.11. The fourth-order valence-electron chi connectivity index (χ4n) is 2.38. The van der Waals surface area contributed by atoms with Crippen molar-refractivity contribution < 1.29 is 4.79 Å². The van der Waals surface area contributed by atoms with Gasteiger partial charge < -0.3 is 5.32 Å². The molecule has 1 N–H and O–H groups in total. The van der Waals surface area contributed by atoms with Gasteiger partial charge in [0.2, 0.25) is 11.1 Å². The van der Waals surface area contributed by atoms with E-state index in [0.717, 1.165) is 11.5 Å². The Bertz CT molecular complexity index is 694. The van der Waals surface area contributed by atoms with Gasteiger partial charge in [-0.05, 0) is 37.8 Å². The van der Waals surface area contributed by atoms with Crippen LogP contribution in [-0.2, 0) is 4.79 Å². The first kappa shape index (κ1) is 17.0. The molecule has 1 aromatic heterocycles. The second-order valence-corrected chi connectivity index (χ2v) is 7.98. The van der Waals surface area contributed by atoms with Gasteiger partial charge in [0.25, 0.3) is 0 Å². The van der Waals surface area contributed by atoms with Crippen molar-refractivity contribution in [1.29, 1.82) is 0 Å². The summed E-state index contributed by atoms with van der Waals surface area (Å²) in [5, 5.41) is 8.08. The number of amides is 1. The molecule has 1 fully saturated rings. The number of rotatable bonds is 7. The van der Waals surface area contributed by atoms with Crippen molar-refractivity contribution in [2.45, 2.75) is 49.9 Å². The lowest BCUT2D eigenvalue weighted by Crippen LogP contribution is -2.33. The van der Waals surface area contributed by atoms with Gasteiger partial charge >= 0.3 is 0 Å². The van der Waals surface area contributed by atoms with Gasteiger partial charge in [0, 0.05) is 12.5 Å². The molecule has 2 aromatic rings. The fraction of sp³-hybridized carbons (Fsp3) is 0.500. The van der Waals surface area contributed by atoms with Crippen LogP contribution in [0.4, 0.5) is 0 Å². The third kappa shape index (κ3) is 4.17. The zero-order valence-electron chi connectivity index (χ0n) is 14.4. The molecule has 5 nitrogen and oxygen atoms in total. The molecule has 6 heteroatoms. The van der Waals surface area contributed by atoms with Gasteiger partial charge in [-0.1, -0.05) is 43.8 Å². The van der Waals surface area contributed by atoms with Gasteiger partial charge in [0.15, 0.2) is 0 Å². The average Bonchev–Trinajstić information content (AvgIpc) is 3.34. The molecular weight excluding hydrogens is 320 g/mol. The van der Waals surface area contributed by atoms with Crippen LogP contribution in [0.5, 0.6) is 0 Å². The molecule has 0 spiro atoms. The van der Waals surface area contributed by atoms with E-state index in [-0.39, 0.29) is 11.2 Å². The van der Waals surface area contributed by atoms with E-state index in [9.17, 15) is 4.79 Å². The number of carbonyl (C=O) groups is 1. The van der Waals surface area contributed by atoms with E-state index < -0.39 is 0 Å². The van der Waals surface area contributed by atoms with Crippen LogP contribution in [0.15, 0.2) is 35.5 Å². The molecule has 1 heterocycles. The van der Waals surface area contributed by atoms with Crippen molar-refractivity contribution in [1.82, 2.24) is 20.1 Å². The van der Waals surface area contributed by atoms with Crippen molar-refractivity contribution in [3.63, 3.8) is 0 Å². The molecule has 1 amide bonds. The number of hydrogen-bond acceptors (Lipinski definition) is 4. The second-order valence-electron chi connectivity index (χ2n) is 6.67. The minimum atomic E-state index is -0.206. The highest BCUT2D eigenvalue weighted by atomic mass is 32.2. The van der Waals surface area contributed by atoms with Crippen LogP contribution in [0, 0.1) is 5.92 Å². The summed E-state index contributed by atoms with van der Waals surface area (Å²) < 4.78 is 1.93. The topological polar surface area (TPSA) is 59.8 Å². The number of aromatic nitrogens is 3. The summed E-state index contributed by atoms with van der Waals surface area (Å²) in [7, 11) is 0. The van der Waals surface area contributed by atoms with Crippen LogP contribution in [-0.4, -0.2) is 32.5 Å². The summed E-state index contributed by atoms with van der Waals surface area (Å²) in [6.07, 6.45) is 2.33. The largest absolute Gasteiger partial charge is 0.355 e. The summed E-state index contributed by atoms with van der Waals surface area (Å²) in [5.74, 6) is 2.00. The number of carbonyl (C=O) groups excluding carboxylic acids is 1. The van der Waals surface area contributed by atoms with Gasteiger partial charge in [-0.25, -0.2) is 9.67 Å². The fourth-order valence-corrected chi connectivity index (χ4v) is 3.16. The first-order chi connectivity index (χ1) is 11.5. The highest BCUT2D eigenvalue weighted by Crippen LogP contribution is 2.40. The Labute approximate surface area is 147 Å². The van der Waals surface area contributed by atoms with E-state index in [4.69, 9.17) is 4.98 Å². The number of benzene rings is 1. The zero-order chi connectivity index (χ0) is 17.1. The van der Waals surface area contributed by atoms with E-state index in [1.165, 1.54) is 24.6 Å². The minimum Gasteiger partial charge on any atom is -0.355 e. The van der Waals surface area contributed by atoms with Crippen LogP contribution in [0.1, 0.15) is 45.4 Å². The maximum atomic E-state index is 12.2. The van der Waals surface area contributed by atoms with Gasteiger partial charge in [-0.3, -0.25) is 4.79 Å². The smallest absolute Gasteiger partial charge is 0.233 e. The molecule has 0 radical (unpaired) electrons. The summed E-state index contributed by atoms with van der Waals surface area (Å²) in [4.78, 5) is 16.9. The number of hydrogen-bond donors (Lipinski definition) is 1. The van der Waals surface area contributed by atoms with Crippen molar-refractivity contribution >= 4 is 17.7 Å². The first-order valence-electron chi connectivity index (χ1n) is 8.51. The highest BCUT2D eigenvalue weighted by Gasteiger charge is 2.31. The van der Waals surface area contributed by atoms with Gasteiger partial charge in [0.1, 0.15) is 5.82 Å². The monoisotopic (exact) mass is 344 g/mol. The summed E-state index contributed by atoms with van der Waals surface area (Å²) >= 11 is 1.42. The maximum absolute atomic E-state index is 12.2. The van der Waals surface area contributed by atoms with Crippen LogP contribution >= 0.6 is 11.8 Å². The Hall–Kier alpha value is -1.82. The third-order valence-electron chi connectivity index (χ3n) is 3.89. The summed E-state index contributed by atoms with van der Waals surface area (Å²) in [5.41, 5.74) is 1.02. The van der Waals surface area contributed by atoms with E-state index in [0.29, 0.717) is 23.5 Å². The number of nitrogens with one attached hydrogen (secondary N) is 1. The molecule has 1 aromatic carbocycles. The van der Waals surface area contributed by atoms with Crippen molar-refractivity contribution in [3.8, 4) is 5.69 Å². The minimum absolute atomic E-state index is 0.0396. The normalized spacial score (nSPS) is 15.5. The predicted molar refractivity (Wildman–Crippen MR) is 96.5 cm³/mol. The van der Waals surface area contributed by atoms with E-state index >= 15 is 0 Å². The molecule has 1 atom stereocenters. The van der Waals surface area contributed by atoms with Gasteiger partial charge in [-0.2, -0.15) is 0 Å². The Kier molecular flexibility index (Phi) is 5.23. The molecule has 1 aliphatic rings. The standard InChI is InChI=1S/C18H24N4OS/c1-12(2)11-19-17(23)13(3)24-18-20-16(14-9-10-14)22(21-18)15-7-5-4-6-8-15/h4-8,12-14H,9-11H2,1-3H3,(H,19,23)/t13-/m0/s1.